The molecule has 9 heteroatoms. The number of carbonyl (C=O) groups is 1. The van der Waals surface area contributed by atoms with Gasteiger partial charge in [-0.05, 0) is 75.2 Å². The Kier molecular flexibility index (Phi) is 7.88. The largest absolute Gasteiger partial charge is 0.457 e. The number of aryl methyl sites for hydroxylation is 3. The first-order chi connectivity index (χ1) is 19.5. The Balaban J connectivity index is 1.27. The molecule has 5 aromatic rings. The Hall–Kier alpha value is -5.36. The van der Waals surface area contributed by atoms with E-state index in [-0.39, 0.29) is 6.61 Å². The van der Waals surface area contributed by atoms with Gasteiger partial charge in [0.2, 0.25) is 0 Å². The fraction of sp³-hybridized carbons (Fsp3) is 0.161. The van der Waals surface area contributed by atoms with Gasteiger partial charge in [0.1, 0.15) is 17.6 Å². The Bertz CT molecular complexity index is 1670. The van der Waals surface area contributed by atoms with Crippen LogP contribution < -0.4 is 15.4 Å². The Morgan fingerprint density at radius 1 is 1.00 bits per heavy atom. The smallest absolute Gasteiger partial charge is 0.411 e. The van der Waals surface area contributed by atoms with Gasteiger partial charge in [-0.25, -0.2) is 9.31 Å². The van der Waals surface area contributed by atoms with E-state index < -0.39 is 6.09 Å². The van der Waals surface area contributed by atoms with Crippen LogP contribution in [0.4, 0.5) is 21.9 Å². The van der Waals surface area contributed by atoms with Gasteiger partial charge < -0.3 is 14.8 Å². The highest BCUT2D eigenvalue weighted by Crippen LogP contribution is 2.33. The number of hydrogen-bond acceptors (Lipinski definition) is 7. The Morgan fingerprint density at radius 2 is 1.77 bits per heavy atom. The molecule has 0 aliphatic heterocycles. The molecular formula is C31H28N6O3. The molecule has 200 valence electrons. The van der Waals surface area contributed by atoms with Crippen LogP contribution >= 0.6 is 0 Å². The number of anilines is 3. The summed E-state index contributed by atoms with van der Waals surface area (Å²) in [6.07, 6.45) is 4.02. The Morgan fingerprint density at radius 3 is 2.52 bits per heavy atom. The number of pyridine rings is 1. The van der Waals surface area contributed by atoms with Crippen molar-refractivity contribution in [1.82, 2.24) is 14.6 Å². The van der Waals surface area contributed by atoms with E-state index in [1.54, 1.807) is 10.7 Å². The van der Waals surface area contributed by atoms with Crippen LogP contribution in [0.15, 0.2) is 85.2 Å². The predicted molar refractivity (Wildman–Crippen MR) is 153 cm³/mol. The third kappa shape index (κ3) is 6.19. The summed E-state index contributed by atoms with van der Waals surface area (Å²) in [5.41, 5.74) is 5.61. The lowest BCUT2D eigenvalue weighted by Crippen LogP contribution is -2.15. The summed E-state index contributed by atoms with van der Waals surface area (Å²) >= 11 is 0. The van der Waals surface area contributed by atoms with Gasteiger partial charge in [0.25, 0.3) is 0 Å². The van der Waals surface area contributed by atoms with E-state index in [9.17, 15) is 10.1 Å². The molecular weight excluding hydrogens is 504 g/mol. The van der Waals surface area contributed by atoms with Crippen molar-refractivity contribution in [3.8, 4) is 17.6 Å². The zero-order chi connectivity index (χ0) is 27.9. The van der Waals surface area contributed by atoms with Crippen LogP contribution in [0.5, 0.6) is 11.5 Å². The summed E-state index contributed by atoms with van der Waals surface area (Å²) < 4.78 is 12.9. The minimum absolute atomic E-state index is 0.265. The molecule has 0 atom stereocenters. The number of rotatable bonds is 9. The van der Waals surface area contributed by atoms with Crippen LogP contribution in [0.25, 0.3) is 5.52 Å². The quantitative estimate of drug-likeness (QED) is 0.198. The SMILES string of the molecule is Cc1cccc(CCCOC(=O)Nc2cn3ncc(C#N)c(Nc4ccc(Oc5ccccc5)cc4)c3c2C)n1. The van der Waals surface area contributed by atoms with E-state index in [0.29, 0.717) is 34.6 Å². The molecule has 1 amide bonds. The van der Waals surface area contributed by atoms with Crippen molar-refractivity contribution >= 4 is 28.7 Å². The molecule has 0 bridgehead atoms. The number of ether oxygens (including phenoxy) is 2. The molecule has 9 nitrogen and oxygen atoms in total. The molecule has 3 aromatic heterocycles. The summed E-state index contributed by atoms with van der Waals surface area (Å²) in [6, 6.07) is 25.1. The monoisotopic (exact) mass is 532 g/mol. The number of carbonyl (C=O) groups excluding carboxylic acids is 1. The molecule has 2 aromatic carbocycles. The number of amides is 1. The minimum Gasteiger partial charge on any atom is -0.457 e. The van der Waals surface area contributed by atoms with Crippen molar-refractivity contribution in [3.05, 3.63) is 108 Å². The highest BCUT2D eigenvalue weighted by atomic mass is 16.5. The fourth-order valence-corrected chi connectivity index (χ4v) is 4.30. The molecule has 3 heterocycles. The van der Waals surface area contributed by atoms with Gasteiger partial charge >= 0.3 is 6.09 Å². The number of nitrogens with zero attached hydrogens (tertiary/aromatic N) is 4. The maximum Gasteiger partial charge on any atom is 0.411 e. The van der Waals surface area contributed by atoms with Crippen molar-refractivity contribution in [3.63, 3.8) is 0 Å². The molecule has 0 saturated heterocycles. The standard InChI is InChI=1S/C31H28N6O3/c1-21-8-6-9-24(34-21)10-7-17-39-31(38)36-28-20-37-30(22(28)2)29(23(18-32)19-33-37)35-25-13-15-27(16-14-25)40-26-11-4-3-5-12-26/h3-6,8-9,11-16,19-20,35H,7,10,17H2,1-2H3,(H,36,38). The lowest BCUT2D eigenvalue weighted by Gasteiger charge is -2.12. The highest BCUT2D eigenvalue weighted by Gasteiger charge is 2.18. The number of aromatic nitrogens is 3. The first kappa shape index (κ1) is 26.3. The maximum atomic E-state index is 12.5. The maximum absolute atomic E-state index is 12.5. The summed E-state index contributed by atoms with van der Waals surface area (Å²) in [6.45, 7) is 4.07. The van der Waals surface area contributed by atoms with Crippen LogP contribution in [-0.2, 0) is 11.2 Å². The van der Waals surface area contributed by atoms with E-state index >= 15 is 0 Å². The van der Waals surface area contributed by atoms with Crippen LogP contribution in [0, 0.1) is 25.2 Å². The highest BCUT2D eigenvalue weighted by molar-refractivity contribution is 5.92. The second kappa shape index (κ2) is 12.0. The van der Waals surface area contributed by atoms with Gasteiger partial charge in [-0.15, -0.1) is 0 Å². The second-order valence-electron chi connectivity index (χ2n) is 9.21. The average Bonchev–Trinajstić information content (AvgIpc) is 3.28. The van der Waals surface area contributed by atoms with Crippen LogP contribution in [0.3, 0.4) is 0 Å². The number of hydrogen-bond donors (Lipinski definition) is 2. The van der Waals surface area contributed by atoms with Gasteiger partial charge in [-0.3, -0.25) is 10.3 Å². The summed E-state index contributed by atoms with van der Waals surface area (Å²) in [5, 5.41) is 20.3. The molecule has 0 spiro atoms. The molecule has 5 rings (SSSR count). The van der Waals surface area contributed by atoms with Gasteiger partial charge in [0.15, 0.2) is 0 Å². The molecule has 0 aliphatic rings. The molecule has 40 heavy (non-hydrogen) atoms. The Labute approximate surface area is 232 Å². The van der Waals surface area contributed by atoms with Gasteiger partial charge in [-0.1, -0.05) is 24.3 Å². The van der Waals surface area contributed by atoms with Gasteiger partial charge in [-0.2, -0.15) is 10.4 Å². The third-order valence-electron chi connectivity index (χ3n) is 6.27. The van der Waals surface area contributed by atoms with E-state index in [1.807, 2.05) is 86.6 Å². The fourth-order valence-electron chi connectivity index (χ4n) is 4.30. The van der Waals surface area contributed by atoms with Crippen LogP contribution in [-0.4, -0.2) is 27.3 Å². The van der Waals surface area contributed by atoms with Gasteiger partial charge in [0, 0.05) is 22.6 Å². The topological polar surface area (TPSA) is 114 Å². The van der Waals surface area contributed by atoms with E-state index in [0.717, 1.165) is 34.8 Å². The number of nitriles is 1. The molecule has 2 N–H and O–H groups in total. The first-order valence-electron chi connectivity index (χ1n) is 12.9. The molecule has 0 fully saturated rings. The summed E-state index contributed by atoms with van der Waals surface area (Å²) in [5.74, 6) is 1.44. The van der Waals surface area contributed by atoms with Crippen molar-refractivity contribution in [2.24, 2.45) is 0 Å². The van der Waals surface area contributed by atoms with Crippen LogP contribution in [0.1, 0.15) is 28.9 Å². The lowest BCUT2D eigenvalue weighted by molar-refractivity contribution is 0.160. The lowest BCUT2D eigenvalue weighted by atomic mass is 10.1. The van der Waals surface area contributed by atoms with Crippen molar-refractivity contribution < 1.29 is 14.3 Å². The predicted octanol–water partition coefficient (Wildman–Crippen LogP) is 6.94. The minimum atomic E-state index is -0.555. The zero-order valence-corrected chi connectivity index (χ0v) is 22.2. The van der Waals surface area contributed by atoms with Crippen molar-refractivity contribution in [1.29, 1.82) is 5.26 Å². The number of fused-ring (bicyclic) bond motifs is 1. The molecule has 0 saturated carbocycles. The number of nitrogens with one attached hydrogen (secondary N) is 2. The number of para-hydroxylation sites is 1. The summed E-state index contributed by atoms with van der Waals surface area (Å²) in [7, 11) is 0. The second-order valence-corrected chi connectivity index (χ2v) is 9.21. The van der Waals surface area contributed by atoms with Crippen LogP contribution in [0.2, 0.25) is 0 Å². The van der Waals surface area contributed by atoms with Gasteiger partial charge in [0.05, 0.1) is 41.5 Å². The van der Waals surface area contributed by atoms with E-state index in [4.69, 9.17) is 9.47 Å². The molecule has 0 aliphatic carbocycles. The van der Waals surface area contributed by atoms with E-state index in [2.05, 4.69) is 26.8 Å². The van der Waals surface area contributed by atoms with E-state index in [1.165, 1.54) is 6.20 Å². The molecule has 0 unspecified atom stereocenters. The summed E-state index contributed by atoms with van der Waals surface area (Å²) in [4.78, 5) is 17.0. The zero-order valence-electron chi connectivity index (χ0n) is 22.2. The normalized spacial score (nSPS) is 10.6. The van der Waals surface area contributed by atoms with Crippen molar-refractivity contribution in [2.45, 2.75) is 26.7 Å². The van der Waals surface area contributed by atoms with Crippen molar-refractivity contribution in [2.75, 3.05) is 17.2 Å². The molecule has 0 radical (unpaired) electrons. The third-order valence-corrected chi connectivity index (χ3v) is 6.27. The first-order valence-corrected chi connectivity index (χ1v) is 12.9. The average molecular weight is 533 g/mol. The number of benzene rings is 2.